The predicted molar refractivity (Wildman–Crippen MR) is 76.6 cm³/mol. The van der Waals surface area contributed by atoms with Gasteiger partial charge in [-0.1, -0.05) is 0 Å². The number of halogens is 3. The summed E-state index contributed by atoms with van der Waals surface area (Å²) in [5.74, 6) is -0.570. The maximum absolute atomic E-state index is 12.8. The number of aromatic nitrogens is 4. The molecule has 0 saturated carbocycles. The second-order valence-corrected chi connectivity index (χ2v) is 5.29. The van der Waals surface area contributed by atoms with Crippen LogP contribution in [0.1, 0.15) is 34.4 Å². The van der Waals surface area contributed by atoms with Gasteiger partial charge in [0.25, 0.3) is 5.91 Å². The number of carbonyl (C=O) groups is 1. The summed E-state index contributed by atoms with van der Waals surface area (Å²) in [6.07, 6.45) is -2.73. The van der Waals surface area contributed by atoms with Crippen LogP contribution < -0.4 is 0 Å². The highest BCUT2D eigenvalue weighted by molar-refractivity contribution is 5.92. The molecule has 0 aliphatic carbocycles. The first-order valence-electron chi connectivity index (χ1n) is 7.03. The molecule has 0 spiro atoms. The third-order valence-corrected chi connectivity index (χ3v) is 3.52. The van der Waals surface area contributed by atoms with Gasteiger partial charge in [-0.2, -0.15) is 23.4 Å². The molecule has 1 amide bonds. The van der Waals surface area contributed by atoms with Crippen molar-refractivity contribution in [3.05, 3.63) is 34.9 Å². The minimum atomic E-state index is -4.54. The zero-order valence-electron chi connectivity index (χ0n) is 13.3. The van der Waals surface area contributed by atoms with E-state index in [2.05, 4.69) is 10.2 Å². The molecule has 2 rings (SSSR count). The molecule has 2 aromatic heterocycles. The Labute approximate surface area is 131 Å². The van der Waals surface area contributed by atoms with Gasteiger partial charge in [0.05, 0.1) is 5.69 Å². The lowest BCUT2D eigenvalue weighted by atomic mass is 10.2. The fourth-order valence-electron chi connectivity index (χ4n) is 2.24. The molecular formula is C14H18F3N5O. The second-order valence-electron chi connectivity index (χ2n) is 5.29. The summed E-state index contributed by atoms with van der Waals surface area (Å²) < 4.78 is 40.7. The van der Waals surface area contributed by atoms with E-state index in [1.165, 1.54) is 11.9 Å². The van der Waals surface area contributed by atoms with Gasteiger partial charge in [0.15, 0.2) is 5.69 Å². The summed E-state index contributed by atoms with van der Waals surface area (Å²) in [6.45, 7) is 4.72. The molecule has 126 valence electrons. The van der Waals surface area contributed by atoms with E-state index in [1.54, 1.807) is 4.68 Å². The number of amides is 1. The van der Waals surface area contributed by atoms with Crippen LogP contribution in [0.3, 0.4) is 0 Å². The first kappa shape index (κ1) is 17.0. The van der Waals surface area contributed by atoms with Crippen molar-refractivity contribution in [2.75, 3.05) is 7.05 Å². The van der Waals surface area contributed by atoms with Crippen LogP contribution in [0.4, 0.5) is 13.2 Å². The molecule has 0 radical (unpaired) electrons. The lowest BCUT2D eigenvalue weighted by Gasteiger charge is -2.15. The number of carbonyl (C=O) groups excluding carboxylic acids is 1. The van der Waals surface area contributed by atoms with Crippen LogP contribution in [0.25, 0.3) is 0 Å². The van der Waals surface area contributed by atoms with Crippen molar-refractivity contribution >= 4 is 5.91 Å². The van der Waals surface area contributed by atoms with Crippen LogP contribution >= 0.6 is 0 Å². The quantitative estimate of drug-likeness (QED) is 0.864. The van der Waals surface area contributed by atoms with E-state index in [9.17, 15) is 18.0 Å². The van der Waals surface area contributed by atoms with Crippen LogP contribution in [-0.2, 0) is 26.3 Å². The smallest absolute Gasteiger partial charge is 0.336 e. The Hall–Kier alpha value is -2.32. The second kappa shape index (κ2) is 6.05. The fourth-order valence-corrected chi connectivity index (χ4v) is 2.24. The van der Waals surface area contributed by atoms with Crippen molar-refractivity contribution in [3.8, 4) is 0 Å². The van der Waals surface area contributed by atoms with Crippen molar-refractivity contribution in [2.24, 2.45) is 7.05 Å². The average molecular weight is 329 g/mol. The first-order valence-corrected chi connectivity index (χ1v) is 7.03. The number of nitrogens with zero attached hydrogens (tertiary/aromatic N) is 5. The number of alkyl halides is 3. The Bertz CT molecular complexity index is 717. The van der Waals surface area contributed by atoms with Crippen LogP contribution in [0, 0.1) is 6.92 Å². The van der Waals surface area contributed by atoms with E-state index in [0.29, 0.717) is 11.2 Å². The van der Waals surface area contributed by atoms with E-state index < -0.39 is 17.8 Å². The van der Waals surface area contributed by atoms with Crippen LogP contribution in [-0.4, -0.2) is 37.4 Å². The van der Waals surface area contributed by atoms with Crippen LogP contribution in [0.2, 0.25) is 0 Å². The van der Waals surface area contributed by atoms with Crippen molar-refractivity contribution in [3.63, 3.8) is 0 Å². The minimum Gasteiger partial charge on any atom is -0.336 e. The highest BCUT2D eigenvalue weighted by Gasteiger charge is 2.36. The van der Waals surface area contributed by atoms with Gasteiger partial charge in [-0.25, -0.2) is 0 Å². The lowest BCUT2D eigenvalue weighted by molar-refractivity contribution is -0.143. The summed E-state index contributed by atoms with van der Waals surface area (Å²) in [4.78, 5) is 13.6. The molecule has 0 bridgehead atoms. The van der Waals surface area contributed by atoms with Crippen LogP contribution in [0.5, 0.6) is 0 Å². The van der Waals surface area contributed by atoms with Gasteiger partial charge >= 0.3 is 6.18 Å². The van der Waals surface area contributed by atoms with Crippen molar-refractivity contribution in [1.82, 2.24) is 24.5 Å². The largest absolute Gasteiger partial charge is 0.433 e. The molecule has 23 heavy (non-hydrogen) atoms. The molecule has 0 unspecified atom stereocenters. The van der Waals surface area contributed by atoms with Gasteiger partial charge in [-0.3, -0.25) is 14.2 Å². The van der Waals surface area contributed by atoms with Crippen LogP contribution in [0.15, 0.2) is 12.3 Å². The Balaban J connectivity index is 2.18. The molecular weight excluding hydrogens is 311 g/mol. The molecule has 2 aromatic rings. The summed E-state index contributed by atoms with van der Waals surface area (Å²) >= 11 is 0. The van der Waals surface area contributed by atoms with Crippen molar-refractivity contribution in [1.29, 1.82) is 0 Å². The van der Waals surface area contributed by atoms with Crippen molar-refractivity contribution < 1.29 is 18.0 Å². The molecule has 0 aliphatic heterocycles. The lowest BCUT2D eigenvalue weighted by Crippen LogP contribution is -2.26. The Kier molecular flexibility index (Phi) is 4.49. The molecule has 9 heteroatoms. The number of hydrogen-bond donors (Lipinski definition) is 0. The molecule has 0 atom stereocenters. The highest BCUT2D eigenvalue weighted by Crippen LogP contribution is 2.29. The number of aryl methyl sites for hydroxylation is 3. The van der Waals surface area contributed by atoms with E-state index in [-0.39, 0.29) is 12.2 Å². The van der Waals surface area contributed by atoms with Gasteiger partial charge < -0.3 is 4.90 Å². The first-order chi connectivity index (χ1) is 10.6. The molecule has 0 aromatic carbocycles. The molecule has 6 nitrogen and oxygen atoms in total. The van der Waals surface area contributed by atoms with E-state index in [1.807, 2.05) is 20.0 Å². The summed E-state index contributed by atoms with van der Waals surface area (Å²) in [5, 5.41) is 7.94. The Morgan fingerprint density at radius 3 is 2.48 bits per heavy atom. The zero-order chi connectivity index (χ0) is 17.4. The van der Waals surface area contributed by atoms with E-state index in [4.69, 9.17) is 0 Å². The molecule has 0 N–H and O–H groups in total. The van der Waals surface area contributed by atoms with Gasteiger partial charge in [0.1, 0.15) is 5.69 Å². The highest BCUT2D eigenvalue weighted by atomic mass is 19.4. The Morgan fingerprint density at radius 2 is 2.00 bits per heavy atom. The molecule has 0 saturated heterocycles. The summed E-state index contributed by atoms with van der Waals surface area (Å²) in [7, 11) is 2.68. The average Bonchev–Trinajstić information content (AvgIpc) is 3.01. The molecule has 0 aliphatic rings. The SMILES string of the molecule is CCn1cc(CN(C)C(=O)c2cc(C(F)(F)F)n(C)n2)c(C)n1. The predicted octanol–water partition coefficient (Wildman–Crippen LogP) is 2.24. The normalized spacial score (nSPS) is 11.8. The third kappa shape index (κ3) is 3.54. The zero-order valence-corrected chi connectivity index (χ0v) is 13.3. The standard InChI is InChI=1S/C14H18F3N5O/c1-5-22-8-10(9(2)18-22)7-20(3)13(23)11-6-12(14(15,16)17)21(4)19-11/h6,8H,5,7H2,1-4H3. The van der Waals surface area contributed by atoms with Gasteiger partial charge in [0.2, 0.25) is 0 Å². The maximum Gasteiger partial charge on any atom is 0.433 e. The number of hydrogen-bond acceptors (Lipinski definition) is 3. The van der Waals surface area contributed by atoms with E-state index >= 15 is 0 Å². The minimum absolute atomic E-state index is 0.233. The van der Waals surface area contributed by atoms with Gasteiger partial charge in [-0.15, -0.1) is 0 Å². The number of rotatable bonds is 4. The summed E-state index contributed by atoms with van der Waals surface area (Å²) in [6, 6.07) is 0.765. The monoisotopic (exact) mass is 329 g/mol. The maximum atomic E-state index is 12.8. The topological polar surface area (TPSA) is 56.0 Å². The van der Waals surface area contributed by atoms with E-state index in [0.717, 1.165) is 24.4 Å². The fraction of sp³-hybridized carbons (Fsp3) is 0.500. The van der Waals surface area contributed by atoms with Crippen molar-refractivity contribution in [2.45, 2.75) is 33.1 Å². The van der Waals surface area contributed by atoms with Gasteiger partial charge in [-0.05, 0) is 13.8 Å². The van der Waals surface area contributed by atoms with Gasteiger partial charge in [0, 0.05) is 45.0 Å². The Morgan fingerprint density at radius 1 is 1.35 bits per heavy atom. The molecule has 0 fully saturated rings. The third-order valence-electron chi connectivity index (χ3n) is 3.52. The molecule has 2 heterocycles. The summed E-state index contributed by atoms with van der Waals surface area (Å²) in [5.41, 5.74) is 0.435.